The second-order valence-corrected chi connectivity index (χ2v) is 3.58. The molecule has 0 heterocycles. The highest BCUT2D eigenvalue weighted by Gasteiger charge is 1.96. The summed E-state index contributed by atoms with van der Waals surface area (Å²) in [5.74, 6) is -0.366. The number of hydrogen-bond acceptors (Lipinski definition) is 2. The third-order valence-corrected chi connectivity index (χ3v) is 1.78. The van der Waals surface area contributed by atoms with Gasteiger partial charge in [0, 0.05) is 11.1 Å². The summed E-state index contributed by atoms with van der Waals surface area (Å²) in [5.41, 5.74) is 0.750. The van der Waals surface area contributed by atoms with Gasteiger partial charge in [0.2, 0.25) is 0 Å². The Morgan fingerprint density at radius 3 is 2.94 bits per heavy atom. The second kappa shape index (κ2) is 5.98. The lowest BCUT2D eigenvalue weighted by Gasteiger charge is -2.04. The fourth-order valence-electron chi connectivity index (χ4n) is 1.04. The van der Waals surface area contributed by atoms with E-state index in [9.17, 15) is 4.79 Å². The van der Waals surface area contributed by atoms with E-state index in [1.807, 2.05) is 0 Å². The first-order chi connectivity index (χ1) is 7.58. The van der Waals surface area contributed by atoms with Gasteiger partial charge >= 0.3 is 5.97 Å². The van der Waals surface area contributed by atoms with E-state index in [2.05, 4.69) is 6.58 Å². The molecule has 0 aliphatic heterocycles. The summed E-state index contributed by atoms with van der Waals surface area (Å²) in [7, 11) is 0. The zero-order valence-corrected chi connectivity index (χ0v) is 9.28. The monoisotopic (exact) mass is 238 g/mol. The molecule has 1 aromatic carbocycles. The van der Waals surface area contributed by atoms with Crippen molar-refractivity contribution in [2.45, 2.75) is 0 Å². The Hall–Kier alpha value is -1.74. The van der Waals surface area contributed by atoms with Crippen LogP contribution in [-0.4, -0.2) is 17.7 Å². The number of carbonyl (C=O) groups is 1. The Balaban J connectivity index is 2.71. The van der Waals surface area contributed by atoms with E-state index in [0.29, 0.717) is 10.8 Å². The molecule has 16 heavy (non-hydrogen) atoms. The molecule has 1 aromatic rings. The molecule has 0 atom stereocenters. The molecular formula is C12H11ClO3. The number of aliphatic carboxylic acids is 1. The second-order valence-electron chi connectivity index (χ2n) is 3.05. The maximum atomic E-state index is 10.3. The Morgan fingerprint density at radius 1 is 1.56 bits per heavy atom. The Kier molecular flexibility index (Phi) is 4.61. The third kappa shape index (κ3) is 4.66. The van der Waals surface area contributed by atoms with Gasteiger partial charge < -0.3 is 9.84 Å². The molecule has 0 aliphatic rings. The standard InChI is InChI=1S/C12H11ClO3/c1-9(13)8-16-11-4-2-3-10(7-11)5-6-12(14)15/h2-7H,1,8H2,(H,14,15)/b6-5+. The van der Waals surface area contributed by atoms with E-state index in [1.165, 1.54) is 6.08 Å². The first-order valence-electron chi connectivity index (χ1n) is 4.55. The Bertz CT molecular complexity index is 424. The van der Waals surface area contributed by atoms with E-state index in [-0.39, 0.29) is 6.61 Å². The van der Waals surface area contributed by atoms with Crippen LogP contribution in [0.2, 0.25) is 0 Å². The average molecular weight is 239 g/mol. The van der Waals surface area contributed by atoms with Crippen molar-refractivity contribution >= 4 is 23.6 Å². The number of rotatable bonds is 5. The van der Waals surface area contributed by atoms with Crippen LogP contribution in [-0.2, 0) is 4.79 Å². The van der Waals surface area contributed by atoms with Gasteiger partial charge in [0.15, 0.2) is 0 Å². The predicted octanol–water partition coefficient (Wildman–Crippen LogP) is 2.92. The average Bonchev–Trinajstić information content (AvgIpc) is 2.24. The van der Waals surface area contributed by atoms with Gasteiger partial charge in [-0.3, -0.25) is 0 Å². The number of ether oxygens (including phenoxy) is 1. The highest BCUT2D eigenvalue weighted by atomic mass is 35.5. The molecule has 84 valence electrons. The maximum absolute atomic E-state index is 10.3. The van der Waals surface area contributed by atoms with Crippen LogP contribution in [0.25, 0.3) is 6.08 Å². The van der Waals surface area contributed by atoms with Crippen molar-refractivity contribution in [3.8, 4) is 5.75 Å². The minimum atomic E-state index is -0.986. The van der Waals surface area contributed by atoms with Gasteiger partial charge in [0.25, 0.3) is 0 Å². The summed E-state index contributed by atoms with van der Waals surface area (Å²) in [6.07, 6.45) is 2.56. The van der Waals surface area contributed by atoms with E-state index in [1.54, 1.807) is 24.3 Å². The minimum absolute atomic E-state index is 0.230. The van der Waals surface area contributed by atoms with E-state index >= 15 is 0 Å². The van der Waals surface area contributed by atoms with Gasteiger partial charge in [-0.25, -0.2) is 4.79 Å². The first-order valence-corrected chi connectivity index (χ1v) is 4.93. The van der Waals surface area contributed by atoms with Crippen LogP contribution in [0.3, 0.4) is 0 Å². The topological polar surface area (TPSA) is 46.5 Å². The lowest BCUT2D eigenvalue weighted by Crippen LogP contribution is -1.96. The molecule has 3 nitrogen and oxygen atoms in total. The Labute approximate surface area is 98.6 Å². The van der Waals surface area contributed by atoms with Crippen LogP contribution < -0.4 is 4.74 Å². The van der Waals surface area contributed by atoms with Crippen LogP contribution in [0, 0.1) is 0 Å². The van der Waals surface area contributed by atoms with Crippen LogP contribution in [0.15, 0.2) is 42.0 Å². The molecule has 0 fully saturated rings. The maximum Gasteiger partial charge on any atom is 0.328 e. The summed E-state index contributed by atoms with van der Waals surface area (Å²) in [6.45, 7) is 3.73. The predicted molar refractivity (Wildman–Crippen MR) is 63.6 cm³/mol. The van der Waals surface area contributed by atoms with E-state index in [0.717, 1.165) is 11.6 Å². The van der Waals surface area contributed by atoms with Crippen molar-refractivity contribution in [3.63, 3.8) is 0 Å². The van der Waals surface area contributed by atoms with Crippen LogP contribution in [0.4, 0.5) is 0 Å². The molecular weight excluding hydrogens is 228 g/mol. The number of halogens is 1. The summed E-state index contributed by atoms with van der Waals surface area (Å²) in [4.78, 5) is 10.3. The minimum Gasteiger partial charge on any atom is -0.488 e. The molecule has 0 radical (unpaired) electrons. The number of benzene rings is 1. The van der Waals surface area contributed by atoms with Gasteiger partial charge in [0.05, 0.1) is 0 Å². The number of carboxylic acid groups (broad SMARTS) is 1. The first kappa shape index (κ1) is 12.3. The molecule has 4 heteroatoms. The van der Waals surface area contributed by atoms with Crippen LogP contribution >= 0.6 is 11.6 Å². The zero-order valence-electron chi connectivity index (χ0n) is 8.52. The normalized spacial score (nSPS) is 10.3. The molecule has 0 aliphatic carbocycles. The SMILES string of the molecule is C=C(Cl)COc1cccc(/C=C/C(=O)O)c1. The van der Waals surface area contributed by atoms with Crippen molar-refractivity contribution in [1.29, 1.82) is 0 Å². The summed E-state index contributed by atoms with van der Waals surface area (Å²) < 4.78 is 5.30. The van der Waals surface area contributed by atoms with Crippen molar-refractivity contribution in [2.75, 3.05) is 6.61 Å². The smallest absolute Gasteiger partial charge is 0.328 e. The van der Waals surface area contributed by atoms with Gasteiger partial charge in [-0.2, -0.15) is 0 Å². The summed E-state index contributed by atoms with van der Waals surface area (Å²) >= 11 is 5.56. The van der Waals surface area contributed by atoms with Crippen molar-refractivity contribution in [1.82, 2.24) is 0 Å². The largest absolute Gasteiger partial charge is 0.488 e. The lowest BCUT2D eigenvalue weighted by molar-refractivity contribution is -0.131. The van der Waals surface area contributed by atoms with E-state index < -0.39 is 5.97 Å². The molecule has 0 unspecified atom stereocenters. The highest BCUT2D eigenvalue weighted by Crippen LogP contribution is 2.15. The molecule has 0 aromatic heterocycles. The molecule has 0 amide bonds. The van der Waals surface area contributed by atoms with Crippen molar-refractivity contribution < 1.29 is 14.6 Å². The fraction of sp³-hybridized carbons (Fsp3) is 0.0833. The van der Waals surface area contributed by atoms with Crippen LogP contribution in [0.5, 0.6) is 5.75 Å². The number of hydrogen-bond donors (Lipinski definition) is 1. The Morgan fingerprint density at radius 2 is 2.31 bits per heavy atom. The van der Waals surface area contributed by atoms with Gasteiger partial charge in [-0.15, -0.1) is 0 Å². The molecule has 0 saturated carbocycles. The zero-order chi connectivity index (χ0) is 12.0. The summed E-state index contributed by atoms with van der Waals surface area (Å²) in [6, 6.07) is 7.03. The quantitative estimate of drug-likeness (QED) is 0.803. The number of carboxylic acids is 1. The third-order valence-electron chi connectivity index (χ3n) is 1.67. The molecule has 1 rings (SSSR count). The van der Waals surface area contributed by atoms with E-state index in [4.69, 9.17) is 21.4 Å². The molecule has 0 spiro atoms. The van der Waals surface area contributed by atoms with Gasteiger partial charge in [0.1, 0.15) is 12.4 Å². The fourth-order valence-corrected chi connectivity index (χ4v) is 1.09. The van der Waals surface area contributed by atoms with Crippen molar-refractivity contribution in [3.05, 3.63) is 47.5 Å². The lowest BCUT2D eigenvalue weighted by atomic mass is 10.2. The highest BCUT2D eigenvalue weighted by molar-refractivity contribution is 6.29. The molecule has 0 saturated heterocycles. The van der Waals surface area contributed by atoms with Gasteiger partial charge in [-0.1, -0.05) is 30.3 Å². The van der Waals surface area contributed by atoms with Crippen LogP contribution in [0.1, 0.15) is 5.56 Å². The molecule has 0 bridgehead atoms. The molecule has 1 N–H and O–H groups in total. The van der Waals surface area contributed by atoms with Gasteiger partial charge in [-0.05, 0) is 23.8 Å². The van der Waals surface area contributed by atoms with Crippen molar-refractivity contribution in [2.24, 2.45) is 0 Å². The summed E-state index contributed by atoms with van der Waals surface area (Å²) in [5, 5.41) is 8.88.